The second kappa shape index (κ2) is 7.88. The van der Waals surface area contributed by atoms with Crippen LogP contribution in [0.5, 0.6) is 0 Å². The molecule has 0 aliphatic heterocycles. The van der Waals surface area contributed by atoms with E-state index < -0.39 is 22.9 Å². The molecular weight excluding hydrogens is 378 g/mol. The van der Waals surface area contributed by atoms with E-state index >= 15 is 0 Å². The first-order valence-corrected chi connectivity index (χ1v) is 8.72. The second-order valence-electron chi connectivity index (χ2n) is 6.97. The summed E-state index contributed by atoms with van der Waals surface area (Å²) >= 11 is 0. The van der Waals surface area contributed by atoms with E-state index in [1.165, 1.54) is 32.4 Å². The topological polar surface area (TPSA) is 107 Å². The van der Waals surface area contributed by atoms with E-state index in [0.29, 0.717) is 17.2 Å². The van der Waals surface area contributed by atoms with Crippen LogP contribution in [0.3, 0.4) is 0 Å². The molecule has 0 saturated carbocycles. The van der Waals surface area contributed by atoms with E-state index in [1.54, 1.807) is 6.07 Å². The van der Waals surface area contributed by atoms with Gasteiger partial charge in [0.05, 0.1) is 11.3 Å². The van der Waals surface area contributed by atoms with Crippen LogP contribution in [0.4, 0.5) is 31.8 Å². The SMILES string of the molecule is Cc1cc(Nc2cc(Nc3c(F)cc(C(C)(C)O)cc3F)c(C=N)cn2)ncn1. The highest BCUT2D eigenvalue weighted by molar-refractivity contribution is 5.88. The Morgan fingerprint density at radius 1 is 1.00 bits per heavy atom. The molecule has 0 bridgehead atoms. The Bertz CT molecular complexity index is 1040. The van der Waals surface area contributed by atoms with Crippen molar-refractivity contribution in [1.82, 2.24) is 15.0 Å². The monoisotopic (exact) mass is 398 g/mol. The van der Waals surface area contributed by atoms with Gasteiger partial charge in [-0.15, -0.1) is 0 Å². The highest BCUT2D eigenvalue weighted by atomic mass is 19.1. The average Bonchev–Trinajstić information content (AvgIpc) is 2.64. The first-order chi connectivity index (χ1) is 13.7. The molecule has 1 aromatic carbocycles. The van der Waals surface area contributed by atoms with Gasteiger partial charge in [0.15, 0.2) is 0 Å². The molecule has 0 fully saturated rings. The molecule has 7 nitrogen and oxygen atoms in total. The van der Waals surface area contributed by atoms with Crippen LogP contribution in [0.1, 0.15) is 30.7 Å². The zero-order chi connectivity index (χ0) is 21.2. The van der Waals surface area contributed by atoms with E-state index in [9.17, 15) is 13.9 Å². The molecule has 4 N–H and O–H groups in total. The van der Waals surface area contributed by atoms with E-state index in [1.807, 2.05) is 6.92 Å². The molecule has 29 heavy (non-hydrogen) atoms. The standard InChI is InChI=1S/C20H20F2N6O/c1-11-4-17(26-10-25-11)28-18-7-16(12(8-23)9-24-18)27-19-14(21)5-13(6-15(19)22)20(2,3)29/h4-10,23,29H,1-3H3,(H2,24,25,26,27,28). The van der Waals surface area contributed by atoms with Crippen molar-refractivity contribution in [2.45, 2.75) is 26.4 Å². The Morgan fingerprint density at radius 3 is 2.24 bits per heavy atom. The normalized spacial score (nSPS) is 11.2. The lowest BCUT2D eigenvalue weighted by molar-refractivity contribution is 0.0779. The average molecular weight is 398 g/mol. The Labute approximate surface area is 166 Å². The lowest BCUT2D eigenvalue weighted by Crippen LogP contribution is -2.16. The third-order valence-electron chi connectivity index (χ3n) is 4.16. The van der Waals surface area contributed by atoms with Crippen molar-refractivity contribution >= 4 is 29.2 Å². The molecule has 0 unspecified atom stereocenters. The van der Waals surface area contributed by atoms with Crippen LogP contribution in [0, 0.1) is 24.0 Å². The molecule has 150 valence electrons. The molecule has 2 aromatic heterocycles. The third-order valence-corrected chi connectivity index (χ3v) is 4.16. The van der Waals surface area contributed by atoms with Crippen molar-refractivity contribution in [2.24, 2.45) is 0 Å². The first-order valence-electron chi connectivity index (χ1n) is 8.72. The predicted octanol–water partition coefficient (Wildman–Crippen LogP) is 4.17. The van der Waals surface area contributed by atoms with Crippen LogP contribution in [-0.4, -0.2) is 26.3 Å². The van der Waals surface area contributed by atoms with Gasteiger partial charge < -0.3 is 21.1 Å². The number of hydrogen-bond donors (Lipinski definition) is 4. The summed E-state index contributed by atoms with van der Waals surface area (Å²) in [4.78, 5) is 12.3. The van der Waals surface area contributed by atoms with Crippen molar-refractivity contribution < 1.29 is 13.9 Å². The third kappa shape index (κ3) is 4.69. The second-order valence-corrected chi connectivity index (χ2v) is 6.97. The van der Waals surface area contributed by atoms with Gasteiger partial charge in [-0.2, -0.15) is 0 Å². The Balaban J connectivity index is 1.95. The summed E-state index contributed by atoms with van der Waals surface area (Å²) in [6, 6.07) is 5.37. The van der Waals surface area contributed by atoms with E-state index in [-0.39, 0.29) is 11.3 Å². The van der Waals surface area contributed by atoms with Crippen LogP contribution in [0.15, 0.2) is 36.8 Å². The maximum absolute atomic E-state index is 14.5. The fourth-order valence-electron chi connectivity index (χ4n) is 2.59. The summed E-state index contributed by atoms with van der Waals surface area (Å²) in [5.74, 6) is -0.859. The summed E-state index contributed by atoms with van der Waals surface area (Å²) in [6.07, 6.45) is 3.82. The number of aryl methyl sites for hydroxylation is 1. The molecule has 0 amide bonds. The Hall–Kier alpha value is -3.46. The molecule has 0 radical (unpaired) electrons. The number of anilines is 4. The number of pyridine rings is 1. The minimum Gasteiger partial charge on any atom is -0.386 e. The van der Waals surface area contributed by atoms with Gasteiger partial charge in [-0.25, -0.2) is 23.7 Å². The Morgan fingerprint density at radius 2 is 1.66 bits per heavy atom. The summed E-state index contributed by atoms with van der Waals surface area (Å²) in [7, 11) is 0. The van der Waals surface area contributed by atoms with Crippen LogP contribution in [0.25, 0.3) is 0 Å². The number of nitrogens with zero attached hydrogens (tertiary/aromatic N) is 3. The van der Waals surface area contributed by atoms with Crippen molar-refractivity contribution in [2.75, 3.05) is 10.6 Å². The van der Waals surface area contributed by atoms with Gasteiger partial charge in [-0.1, -0.05) is 0 Å². The first kappa shape index (κ1) is 20.3. The Kier molecular flexibility index (Phi) is 5.51. The van der Waals surface area contributed by atoms with Gasteiger partial charge in [0, 0.05) is 35.8 Å². The summed E-state index contributed by atoms with van der Waals surface area (Å²) < 4.78 is 29.1. The fourth-order valence-corrected chi connectivity index (χ4v) is 2.59. The quantitative estimate of drug-likeness (QED) is 0.464. The van der Waals surface area contributed by atoms with Gasteiger partial charge in [0.2, 0.25) is 0 Å². The largest absolute Gasteiger partial charge is 0.386 e. The minimum atomic E-state index is -1.39. The summed E-state index contributed by atoms with van der Waals surface area (Å²) in [6.45, 7) is 4.70. The van der Waals surface area contributed by atoms with Crippen LogP contribution < -0.4 is 10.6 Å². The predicted molar refractivity (Wildman–Crippen MR) is 107 cm³/mol. The molecule has 3 aromatic rings. The van der Waals surface area contributed by atoms with Crippen molar-refractivity contribution in [3.8, 4) is 0 Å². The fraction of sp³-hybridized carbons (Fsp3) is 0.200. The molecule has 0 saturated heterocycles. The van der Waals surface area contributed by atoms with E-state index in [4.69, 9.17) is 5.41 Å². The lowest BCUT2D eigenvalue weighted by atomic mass is 9.97. The molecular formula is C20H20F2N6O. The molecule has 0 aliphatic carbocycles. The molecule has 0 spiro atoms. The lowest BCUT2D eigenvalue weighted by Gasteiger charge is -2.20. The van der Waals surface area contributed by atoms with Crippen molar-refractivity contribution in [3.05, 3.63) is 65.2 Å². The molecule has 0 atom stereocenters. The number of aliphatic hydroxyl groups is 1. The van der Waals surface area contributed by atoms with Crippen molar-refractivity contribution in [1.29, 1.82) is 5.41 Å². The van der Waals surface area contributed by atoms with Crippen LogP contribution >= 0.6 is 0 Å². The van der Waals surface area contributed by atoms with Crippen LogP contribution in [0.2, 0.25) is 0 Å². The van der Waals surface area contributed by atoms with E-state index in [0.717, 1.165) is 24.0 Å². The van der Waals surface area contributed by atoms with Crippen molar-refractivity contribution in [3.63, 3.8) is 0 Å². The number of halogens is 2. The zero-order valence-electron chi connectivity index (χ0n) is 16.1. The molecule has 3 rings (SSSR count). The highest BCUT2D eigenvalue weighted by Crippen LogP contribution is 2.31. The highest BCUT2D eigenvalue weighted by Gasteiger charge is 2.21. The number of rotatable bonds is 6. The van der Waals surface area contributed by atoms with E-state index in [2.05, 4.69) is 25.6 Å². The smallest absolute Gasteiger partial charge is 0.150 e. The number of hydrogen-bond acceptors (Lipinski definition) is 7. The van der Waals surface area contributed by atoms with Gasteiger partial charge in [0.25, 0.3) is 0 Å². The molecule has 2 heterocycles. The van der Waals surface area contributed by atoms with Gasteiger partial charge >= 0.3 is 0 Å². The number of benzene rings is 1. The number of aromatic nitrogens is 3. The number of nitrogens with one attached hydrogen (secondary N) is 3. The molecule has 0 aliphatic rings. The minimum absolute atomic E-state index is 0.113. The van der Waals surface area contributed by atoms with Gasteiger partial charge in [0.1, 0.15) is 35.3 Å². The summed E-state index contributed by atoms with van der Waals surface area (Å²) in [5, 5.41) is 23.2. The van der Waals surface area contributed by atoms with Gasteiger partial charge in [-0.3, -0.25) is 0 Å². The maximum Gasteiger partial charge on any atom is 0.150 e. The summed E-state index contributed by atoms with van der Waals surface area (Å²) in [5.41, 5.74) is -0.299. The zero-order valence-corrected chi connectivity index (χ0v) is 16.1. The van der Waals surface area contributed by atoms with Crippen LogP contribution in [-0.2, 0) is 5.60 Å². The van der Waals surface area contributed by atoms with Gasteiger partial charge in [-0.05, 0) is 38.5 Å². The maximum atomic E-state index is 14.5. The molecule has 9 heteroatoms.